The third-order valence-electron chi connectivity index (χ3n) is 5.40. The highest BCUT2D eigenvalue weighted by Gasteiger charge is 2.38. The molecule has 3 heterocycles. The van der Waals surface area contributed by atoms with Crippen molar-refractivity contribution in [3.63, 3.8) is 0 Å². The molecule has 168 valence electrons. The van der Waals surface area contributed by atoms with Crippen LogP contribution in [0.2, 0.25) is 0 Å². The standard InChI is InChI=1S/C24H27FN4O3/c1-24(2,3)32-23(31)29-13-19(22(30)14-29)18-12-26-21(15-5-7-16(25)8-6-15)11-17(18)20-9-10-28(4)27-20/h5-12,19,22,30H,13-14H2,1-4H3. The third kappa shape index (κ3) is 4.65. The Morgan fingerprint density at radius 2 is 1.88 bits per heavy atom. The number of aliphatic hydroxyl groups excluding tert-OH is 1. The summed E-state index contributed by atoms with van der Waals surface area (Å²) in [5.74, 6) is -0.652. The summed E-state index contributed by atoms with van der Waals surface area (Å²) in [6.45, 7) is 5.93. The average Bonchev–Trinajstić information content (AvgIpc) is 3.33. The SMILES string of the molecule is Cn1ccc(-c2cc(-c3ccc(F)cc3)ncc2C2CN(C(=O)OC(C)(C)C)CC2O)n1. The van der Waals surface area contributed by atoms with Crippen molar-refractivity contribution in [3.05, 3.63) is 60.2 Å². The van der Waals surface area contributed by atoms with Gasteiger partial charge in [-0.3, -0.25) is 9.67 Å². The summed E-state index contributed by atoms with van der Waals surface area (Å²) in [7, 11) is 1.83. The van der Waals surface area contributed by atoms with Gasteiger partial charge in [0.15, 0.2) is 0 Å². The summed E-state index contributed by atoms with van der Waals surface area (Å²) in [4.78, 5) is 18.6. The summed E-state index contributed by atoms with van der Waals surface area (Å²) in [5.41, 5.74) is 3.18. The van der Waals surface area contributed by atoms with Crippen LogP contribution in [-0.2, 0) is 11.8 Å². The van der Waals surface area contributed by atoms with Gasteiger partial charge in [-0.2, -0.15) is 5.10 Å². The fraction of sp³-hybridized carbons (Fsp3) is 0.375. The first-order chi connectivity index (χ1) is 15.1. The Balaban J connectivity index is 1.70. The fourth-order valence-corrected chi connectivity index (χ4v) is 3.89. The average molecular weight is 439 g/mol. The second kappa shape index (κ2) is 8.35. The van der Waals surface area contributed by atoms with Crippen molar-refractivity contribution < 1.29 is 19.0 Å². The maximum Gasteiger partial charge on any atom is 0.410 e. The number of likely N-dealkylation sites (tertiary alicyclic amines) is 1. The minimum Gasteiger partial charge on any atom is -0.444 e. The van der Waals surface area contributed by atoms with Crippen molar-refractivity contribution in [2.75, 3.05) is 13.1 Å². The van der Waals surface area contributed by atoms with Gasteiger partial charge in [-0.05, 0) is 62.7 Å². The maximum absolute atomic E-state index is 13.4. The van der Waals surface area contributed by atoms with Crippen LogP contribution in [0, 0.1) is 5.82 Å². The predicted octanol–water partition coefficient (Wildman–Crippen LogP) is 3.98. The van der Waals surface area contributed by atoms with E-state index >= 15 is 0 Å². The first kappa shape index (κ1) is 22.0. The van der Waals surface area contributed by atoms with Gasteiger partial charge >= 0.3 is 6.09 Å². The summed E-state index contributed by atoms with van der Waals surface area (Å²) < 4.78 is 20.5. The van der Waals surface area contributed by atoms with E-state index in [0.29, 0.717) is 12.2 Å². The van der Waals surface area contributed by atoms with Crippen molar-refractivity contribution >= 4 is 6.09 Å². The van der Waals surface area contributed by atoms with Gasteiger partial charge in [-0.1, -0.05) is 0 Å². The Kier molecular flexibility index (Phi) is 5.73. The highest BCUT2D eigenvalue weighted by Crippen LogP contribution is 2.36. The molecule has 0 saturated carbocycles. The Bertz CT molecular complexity index is 1120. The van der Waals surface area contributed by atoms with Crippen LogP contribution in [-0.4, -0.2) is 55.7 Å². The van der Waals surface area contributed by atoms with Gasteiger partial charge in [0.1, 0.15) is 11.4 Å². The molecule has 0 bridgehead atoms. The lowest BCUT2D eigenvalue weighted by Crippen LogP contribution is -2.35. The number of rotatable bonds is 3. The van der Waals surface area contributed by atoms with E-state index in [-0.39, 0.29) is 18.3 Å². The molecule has 8 heteroatoms. The lowest BCUT2D eigenvalue weighted by molar-refractivity contribution is 0.0270. The number of pyridine rings is 1. The van der Waals surface area contributed by atoms with E-state index in [4.69, 9.17) is 4.74 Å². The number of benzene rings is 1. The minimum atomic E-state index is -0.761. The molecule has 0 aliphatic carbocycles. The van der Waals surface area contributed by atoms with Crippen LogP contribution in [0.25, 0.3) is 22.5 Å². The van der Waals surface area contributed by atoms with E-state index in [2.05, 4.69) is 10.1 Å². The molecule has 1 aliphatic rings. The van der Waals surface area contributed by atoms with Crippen LogP contribution in [0.1, 0.15) is 32.3 Å². The summed E-state index contributed by atoms with van der Waals surface area (Å²) in [6, 6.07) is 9.92. The number of aryl methyl sites for hydroxylation is 1. The number of nitrogens with zero attached hydrogens (tertiary/aromatic N) is 4. The van der Waals surface area contributed by atoms with E-state index < -0.39 is 17.8 Å². The van der Waals surface area contributed by atoms with Crippen LogP contribution < -0.4 is 0 Å². The van der Waals surface area contributed by atoms with E-state index in [1.54, 1.807) is 23.0 Å². The topological polar surface area (TPSA) is 80.5 Å². The van der Waals surface area contributed by atoms with Crippen molar-refractivity contribution in [1.29, 1.82) is 0 Å². The van der Waals surface area contributed by atoms with Gasteiger partial charge < -0.3 is 14.7 Å². The smallest absolute Gasteiger partial charge is 0.410 e. The lowest BCUT2D eigenvalue weighted by atomic mass is 9.91. The highest BCUT2D eigenvalue weighted by atomic mass is 19.1. The van der Waals surface area contributed by atoms with Crippen molar-refractivity contribution in [2.24, 2.45) is 7.05 Å². The molecule has 7 nitrogen and oxygen atoms in total. The Hall–Kier alpha value is -3.26. The van der Waals surface area contributed by atoms with E-state index in [1.165, 1.54) is 17.0 Å². The van der Waals surface area contributed by atoms with Gasteiger partial charge in [0.2, 0.25) is 0 Å². The zero-order valence-electron chi connectivity index (χ0n) is 18.6. The number of aliphatic hydroxyl groups is 1. The largest absolute Gasteiger partial charge is 0.444 e. The summed E-state index contributed by atoms with van der Waals surface area (Å²) in [5, 5.41) is 15.3. The molecule has 1 amide bonds. The Morgan fingerprint density at radius 1 is 1.16 bits per heavy atom. The second-order valence-corrected chi connectivity index (χ2v) is 9.10. The normalized spacial score (nSPS) is 18.8. The van der Waals surface area contributed by atoms with Crippen LogP contribution >= 0.6 is 0 Å². The molecule has 0 spiro atoms. The second-order valence-electron chi connectivity index (χ2n) is 9.10. The molecule has 1 N–H and O–H groups in total. The number of ether oxygens (including phenoxy) is 1. The molecule has 0 radical (unpaired) electrons. The van der Waals surface area contributed by atoms with Crippen molar-refractivity contribution in [2.45, 2.75) is 38.4 Å². The molecule has 4 rings (SSSR count). The van der Waals surface area contributed by atoms with Crippen molar-refractivity contribution in [3.8, 4) is 22.5 Å². The summed E-state index contributed by atoms with van der Waals surface area (Å²) >= 11 is 0. The molecule has 1 saturated heterocycles. The third-order valence-corrected chi connectivity index (χ3v) is 5.40. The van der Waals surface area contributed by atoms with Crippen LogP contribution in [0.5, 0.6) is 0 Å². The maximum atomic E-state index is 13.4. The van der Waals surface area contributed by atoms with E-state index in [1.807, 2.05) is 46.1 Å². The molecule has 3 aromatic rings. The van der Waals surface area contributed by atoms with Crippen LogP contribution in [0.15, 0.2) is 48.8 Å². The van der Waals surface area contributed by atoms with Gasteiger partial charge in [0, 0.05) is 43.0 Å². The molecular formula is C24H27FN4O3. The van der Waals surface area contributed by atoms with E-state index in [9.17, 15) is 14.3 Å². The number of hydrogen-bond donors (Lipinski definition) is 1. The van der Waals surface area contributed by atoms with Gasteiger partial charge in [0.25, 0.3) is 0 Å². The van der Waals surface area contributed by atoms with Crippen molar-refractivity contribution in [1.82, 2.24) is 19.7 Å². The first-order valence-corrected chi connectivity index (χ1v) is 10.5. The van der Waals surface area contributed by atoms with Gasteiger partial charge in [-0.25, -0.2) is 9.18 Å². The molecule has 32 heavy (non-hydrogen) atoms. The predicted molar refractivity (Wildman–Crippen MR) is 118 cm³/mol. The molecule has 1 fully saturated rings. The number of halogens is 1. The zero-order valence-corrected chi connectivity index (χ0v) is 18.6. The lowest BCUT2D eigenvalue weighted by Gasteiger charge is -2.24. The highest BCUT2D eigenvalue weighted by molar-refractivity contribution is 5.73. The fourth-order valence-electron chi connectivity index (χ4n) is 3.89. The quantitative estimate of drug-likeness (QED) is 0.669. The summed E-state index contributed by atoms with van der Waals surface area (Å²) in [6.07, 6.45) is 2.35. The Morgan fingerprint density at radius 3 is 2.50 bits per heavy atom. The number of β-amino-alcohol motifs (C(OH)–C–C–N with tert-alkyl or cyclic N) is 1. The molecule has 2 aromatic heterocycles. The first-order valence-electron chi connectivity index (χ1n) is 10.5. The number of carbonyl (C=O) groups is 1. The molecule has 1 aromatic carbocycles. The zero-order chi connectivity index (χ0) is 23.0. The number of hydrogen-bond acceptors (Lipinski definition) is 5. The Labute approximate surface area is 186 Å². The molecule has 1 aliphatic heterocycles. The molecule has 2 atom stereocenters. The number of aromatic nitrogens is 3. The minimum absolute atomic E-state index is 0.181. The van der Waals surface area contributed by atoms with Gasteiger partial charge in [0.05, 0.1) is 24.0 Å². The molecular weight excluding hydrogens is 411 g/mol. The van der Waals surface area contributed by atoms with Crippen LogP contribution in [0.3, 0.4) is 0 Å². The number of carbonyl (C=O) groups excluding carboxylic acids is 1. The van der Waals surface area contributed by atoms with Crippen LogP contribution in [0.4, 0.5) is 9.18 Å². The van der Waals surface area contributed by atoms with E-state index in [0.717, 1.165) is 22.4 Å². The molecule has 2 unspecified atom stereocenters. The van der Waals surface area contributed by atoms with Gasteiger partial charge in [-0.15, -0.1) is 0 Å². The monoisotopic (exact) mass is 438 g/mol. The number of amides is 1.